The number of fused-ring (bicyclic) bond motifs is 1. The first-order valence-corrected chi connectivity index (χ1v) is 6.44. The third kappa shape index (κ3) is 2.32. The van der Waals surface area contributed by atoms with Crippen molar-refractivity contribution in [1.82, 2.24) is 4.98 Å². The van der Waals surface area contributed by atoms with Gasteiger partial charge in [0.05, 0.1) is 5.52 Å². The van der Waals surface area contributed by atoms with Crippen molar-refractivity contribution in [3.63, 3.8) is 0 Å². The SMILES string of the molecule is NC(CCC1CC1)c1ccnc2ccccc12. The second-order valence-corrected chi connectivity index (χ2v) is 5.04. The molecule has 0 radical (unpaired) electrons. The largest absolute Gasteiger partial charge is 0.324 e. The first-order valence-electron chi connectivity index (χ1n) is 6.44. The summed E-state index contributed by atoms with van der Waals surface area (Å²) in [4.78, 5) is 4.38. The molecule has 1 aromatic carbocycles. The number of aromatic nitrogens is 1. The molecule has 2 nitrogen and oxygen atoms in total. The molecule has 0 amide bonds. The van der Waals surface area contributed by atoms with E-state index in [-0.39, 0.29) is 6.04 Å². The van der Waals surface area contributed by atoms with Crippen LogP contribution in [0, 0.1) is 5.92 Å². The molecule has 88 valence electrons. The van der Waals surface area contributed by atoms with Crippen LogP contribution in [0.3, 0.4) is 0 Å². The molecule has 0 saturated heterocycles. The topological polar surface area (TPSA) is 38.9 Å². The Kier molecular flexibility index (Phi) is 2.81. The second-order valence-electron chi connectivity index (χ2n) is 5.04. The average molecular weight is 226 g/mol. The van der Waals surface area contributed by atoms with Crippen LogP contribution < -0.4 is 5.73 Å². The van der Waals surface area contributed by atoms with Crippen LogP contribution in [0.1, 0.15) is 37.3 Å². The maximum absolute atomic E-state index is 6.31. The Hall–Kier alpha value is -1.41. The zero-order chi connectivity index (χ0) is 11.7. The molecule has 2 heteroatoms. The molecule has 2 aromatic rings. The predicted octanol–water partition coefficient (Wildman–Crippen LogP) is 3.42. The van der Waals surface area contributed by atoms with Crippen LogP contribution in [-0.4, -0.2) is 4.98 Å². The third-order valence-electron chi connectivity index (χ3n) is 3.67. The second kappa shape index (κ2) is 4.46. The molecule has 1 aliphatic carbocycles. The van der Waals surface area contributed by atoms with Crippen molar-refractivity contribution in [2.24, 2.45) is 11.7 Å². The van der Waals surface area contributed by atoms with Crippen molar-refractivity contribution in [1.29, 1.82) is 0 Å². The highest BCUT2D eigenvalue weighted by Crippen LogP contribution is 2.36. The predicted molar refractivity (Wildman–Crippen MR) is 70.6 cm³/mol. The smallest absolute Gasteiger partial charge is 0.0705 e. The van der Waals surface area contributed by atoms with E-state index in [1.54, 1.807) is 0 Å². The van der Waals surface area contributed by atoms with Gasteiger partial charge in [-0.25, -0.2) is 0 Å². The van der Waals surface area contributed by atoms with Crippen molar-refractivity contribution < 1.29 is 0 Å². The Balaban J connectivity index is 1.87. The lowest BCUT2D eigenvalue weighted by atomic mass is 9.98. The van der Waals surface area contributed by atoms with E-state index < -0.39 is 0 Å². The number of pyridine rings is 1. The Bertz CT molecular complexity index is 512. The van der Waals surface area contributed by atoms with Crippen LogP contribution in [-0.2, 0) is 0 Å². The fraction of sp³-hybridized carbons (Fsp3) is 0.400. The number of nitrogens with two attached hydrogens (primary N) is 1. The van der Waals surface area contributed by atoms with Gasteiger partial charge in [0.25, 0.3) is 0 Å². The summed E-state index contributed by atoms with van der Waals surface area (Å²) in [5, 5.41) is 1.21. The van der Waals surface area contributed by atoms with Crippen molar-refractivity contribution >= 4 is 10.9 Å². The van der Waals surface area contributed by atoms with E-state index in [2.05, 4.69) is 23.2 Å². The summed E-state index contributed by atoms with van der Waals surface area (Å²) in [7, 11) is 0. The Morgan fingerprint density at radius 3 is 2.88 bits per heavy atom. The minimum atomic E-state index is 0.156. The van der Waals surface area contributed by atoms with E-state index in [9.17, 15) is 0 Å². The van der Waals surface area contributed by atoms with Crippen LogP contribution in [0.5, 0.6) is 0 Å². The molecule has 1 unspecified atom stereocenters. The normalized spacial score (nSPS) is 17.2. The van der Waals surface area contributed by atoms with Gasteiger partial charge in [0.15, 0.2) is 0 Å². The van der Waals surface area contributed by atoms with Crippen molar-refractivity contribution in [3.8, 4) is 0 Å². The Labute approximate surface area is 102 Å². The summed E-state index contributed by atoms with van der Waals surface area (Å²) in [6, 6.07) is 10.5. The van der Waals surface area contributed by atoms with Gasteiger partial charge in [0, 0.05) is 17.6 Å². The van der Waals surface area contributed by atoms with Gasteiger partial charge in [-0.1, -0.05) is 31.0 Å². The average Bonchev–Trinajstić information content (AvgIpc) is 3.19. The molecule has 1 aromatic heterocycles. The summed E-state index contributed by atoms with van der Waals surface area (Å²) in [5.74, 6) is 0.953. The van der Waals surface area contributed by atoms with Gasteiger partial charge >= 0.3 is 0 Å². The summed E-state index contributed by atoms with van der Waals surface area (Å²) in [6.45, 7) is 0. The highest BCUT2D eigenvalue weighted by Gasteiger charge is 2.22. The first kappa shape index (κ1) is 10.7. The van der Waals surface area contributed by atoms with E-state index in [0.29, 0.717) is 0 Å². The highest BCUT2D eigenvalue weighted by atomic mass is 14.7. The fourth-order valence-electron chi connectivity index (χ4n) is 2.42. The third-order valence-corrected chi connectivity index (χ3v) is 3.67. The Morgan fingerprint density at radius 1 is 1.24 bits per heavy atom. The van der Waals surface area contributed by atoms with Gasteiger partial charge in [0.1, 0.15) is 0 Å². The van der Waals surface area contributed by atoms with E-state index in [0.717, 1.165) is 17.9 Å². The molecule has 0 bridgehead atoms. The summed E-state index contributed by atoms with van der Waals surface area (Å²) < 4.78 is 0. The van der Waals surface area contributed by atoms with E-state index in [1.165, 1.54) is 30.2 Å². The molecular formula is C15H18N2. The quantitative estimate of drug-likeness (QED) is 0.867. The number of hydrogen-bond acceptors (Lipinski definition) is 2. The number of nitrogens with zero attached hydrogens (tertiary/aromatic N) is 1. The monoisotopic (exact) mass is 226 g/mol. The van der Waals surface area contributed by atoms with Gasteiger partial charge in [0.2, 0.25) is 0 Å². The molecule has 3 rings (SSSR count). The zero-order valence-corrected chi connectivity index (χ0v) is 9.97. The highest BCUT2D eigenvalue weighted by molar-refractivity contribution is 5.82. The lowest BCUT2D eigenvalue weighted by Crippen LogP contribution is -2.11. The minimum absolute atomic E-state index is 0.156. The van der Waals surface area contributed by atoms with Crippen LogP contribution in [0.4, 0.5) is 0 Å². The number of hydrogen-bond donors (Lipinski definition) is 1. The molecule has 1 atom stereocenters. The summed E-state index contributed by atoms with van der Waals surface area (Å²) in [6.07, 6.45) is 7.05. The molecule has 17 heavy (non-hydrogen) atoms. The Morgan fingerprint density at radius 2 is 2.06 bits per heavy atom. The van der Waals surface area contributed by atoms with Crippen LogP contribution in [0.2, 0.25) is 0 Å². The number of benzene rings is 1. The molecule has 1 aliphatic rings. The van der Waals surface area contributed by atoms with Gasteiger partial charge < -0.3 is 5.73 Å². The maximum atomic E-state index is 6.31. The number of para-hydroxylation sites is 1. The van der Waals surface area contributed by atoms with Gasteiger partial charge in [-0.3, -0.25) is 4.98 Å². The molecule has 0 aliphatic heterocycles. The van der Waals surface area contributed by atoms with E-state index in [4.69, 9.17) is 5.73 Å². The van der Waals surface area contributed by atoms with Crippen LogP contribution in [0.15, 0.2) is 36.5 Å². The summed E-state index contributed by atoms with van der Waals surface area (Å²) in [5.41, 5.74) is 8.60. The minimum Gasteiger partial charge on any atom is -0.324 e. The maximum Gasteiger partial charge on any atom is 0.0705 e. The lowest BCUT2D eigenvalue weighted by Gasteiger charge is -2.14. The molecule has 1 fully saturated rings. The van der Waals surface area contributed by atoms with Crippen molar-refractivity contribution in [2.75, 3.05) is 0 Å². The van der Waals surface area contributed by atoms with Gasteiger partial charge in [-0.2, -0.15) is 0 Å². The van der Waals surface area contributed by atoms with Gasteiger partial charge in [-0.15, -0.1) is 0 Å². The molecule has 0 spiro atoms. The van der Waals surface area contributed by atoms with Crippen molar-refractivity contribution in [3.05, 3.63) is 42.1 Å². The first-order chi connectivity index (χ1) is 8.34. The lowest BCUT2D eigenvalue weighted by molar-refractivity contribution is 0.578. The molecule has 1 heterocycles. The molecule has 1 saturated carbocycles. The summed E-state index contributed by atoms with van der Waals surface area (Å²) >= 11 is 0. The molecular weight excluding hydrogens is 208 g/mol. The van der Waals surface area contributed by atoms with E-state index in [1.807, 2.05) is 18.3 Å². The standard InChI is InChI=1S/C15H18N2/c16-14(8-7-11-5-6-11)12-9-10-17-15-4-2-1-3-13(12)15/h1-4,9-11,14H,5-8,16H2. The van der Waals surface area contributed by atoms with Crippen LogP contribution >= 0.6 is 0 Å². The zero-order valence-electron chi connectivity index (χ0n) is 9.97. The fourth-order valence-corrected chi connectivity index (χ4v) is 2.42. The van der Waals surface area contributed by atoms with Crippen LogP contribution in [0.25, 0.3) is 10.9 Å². The van der Waals surface area contributed by atoms with Crippen molar-refractivity contribution in [2.45, 2.75) is 31.7 Å². The van der Waals surface area contributed by atoms with E-state index >= 15 is 0 Å². The molecule has 2 N–H and O–H groups in total. The number of rotatable bonds is 4. The van der Waals surface area contributed by atoms with Gasteiger partial charge in [-0.05, 0) is 36.5 Å².